The van der Waals surface area contributed by atoms with Crippen LogP contribution in [-0.2, 0) is 16.3 Å². The Balaban J connectivity index is 1.35. The van der Waals surface area contributed by atoms with E-state index in [9.17, 15) is 8.42 Å². The van der Waals surface area contributed by atoms with Crippen molar-refractivity contribution in [2.75, 3.05) is 25.4 Å². The second kappa shape index (κ2) is 7.82. The summed E-state index contributed by atoms with van der Waals surface area (Å²) in [7, 11) is -3.21. The Kier molecular flexibility index (Phi) is 5.27. The molecular weight excluding hydrogens is 358 g/mol. The van der Waals surface area contributed by atoms with Crippen molar-refractivity contribution >= 4 is 20.9 Å². The first-order valence-corrected chi connectivity index (χ1v) is 11.2. The molecule has 1 unspecified atom stereocenters. The predicted molar refractivity (Wildman–Crippen MR) is 107 cm³/mol. The van der Waals surface area contributed by atoms with Gasteiger partial charge < -0.3 is 9.88 Å². The first-order valence-electron chi connectivity index (χ1n) is 9.54. The molecule has 0 aliphatic carbocycles. The van der Waals surface area contributed by atoms with E-state index >= 15 is 0 Å². The van der Waals surface area contributed by atoms with Crippen molar-refractivity contribution in [2.24, 2.45) is 5.92 Å². The highest BCUT2D eigenvalue weighted by Crippen LogP contribution is 2.22. The average molecular weight is 384 g/mol. The highest BCUT2D eigenvalue weighted by molar-refractivity contribution is 7.91. The molecule has 0 amide bonds. The Morgan fingerprint density at radius 2 is 1.85 bits per heavy atom. The van der Waals surface area contributed by atoms with Crippen molar-refractivity contribution in [1.82, 2.24) is 14.9 Å². The van der Waals surface area contributed by atoms with Gasteiger partial charge in [-0.1, -0.05) is 30.3 Å². The van der Waals surface area contributed by atoms with Crippen molar-refractivity contribution in [1.29, 1.82) is 0 Å². The molecule has 6 heteroatoms. The molecule has 27 heavy (non-hydrogen) atoms. The largest absolute Gasteiger partial charge is 0.342 e. The van der Waals surface area contributed by atoms with Gasteiger partial charge in [0.2, 0.25) is 0 Å². The number of likely N-dealkylation sites (tertiary alicyclic amines) is 1. The quantitative estimate of drug-likeness (QED) is 0.709. The van der Waals surface area contributed by atoms with E-state index in [1.54, 1.807) is 24.3 Å². The molecule has 1 saturated heterocycles. The monoisotopic (exact) mass is 383 g/mol. The maximum atomic E-state index is 12.5. The van der Waals surface area contributed by atoms with Crippen LogP contribution in [0.1, 0.15) is 18.7 Å². The van der Waals surface area contributed by atoms with E-state index in [0.717, 1.165) is 42.8 Å². The molecular formula is C21H25N3O2S. The predicted octanol–water partition coefficient (Wildman–Crippen LogP) is 3.29. The van der Waals surface area contributed by atoms with Gasteiger partial charge in [0.05, 0.1) is 21.7 Å². The van der Waals surface area contributed by atoms with Crippen LogP contribution in [0.25, 0.3) is 11.0 Å². The van der Waals surface area contributed by atoms with Gasteiger partial charge in [0.1, 0.15) is 5.82 Å². The standard InChI is InChI=1S/C21H25N3O2S/c25-27(26,18-8-2-1-3-9-18)14-13-24-12-6-7-17(16-24)15-21-22-19-10-4-5-11-20(19)23-21/h1-5,8-11,17H,6-7,12-16H2,(H,22,23). The molecule has 0 saturated carbocycles. The fraction of sp³-hybridized carbons (Fsp3) is 0.381. The molecule has 1 atom stereocenters. The van der Waals surface area contributed by atoms with Crippen LogP contribution in [0.3, 0.4) is 0 Å². The smallest absolute Gasteiger partial charge is 0.179 e. The van der Waals surface area contributed by atoms with Gasteiger partial charge >= 0.3 is 0 Å². The number of aromatic nitrogens is 2. The number of H-pyrrole nitrogens is 1. The topological polar surface area (TPSA) is 66.1 Å². The zero-order valence-corrected chi connectivity index (χ0v) is 16.2. The molecule has 1 aliphatic rings. The van der Waals surface area contributed by atoms with Crippen LogP contribution in [-0.4, -0.2) is 48.7 Å². The number of benzene rings is 2. The molecule has 1 aliphatic heterocycles. The van der Waals surface area contributed by atoms with Crippen LogP contribution in [0.4, 0.5) is 0 Å². The molecule has 4 rings (SSSR count). The number of fused-ring (bicyclic) bond motifs is 1. The minimum Gasteiger partial charge on any atom is -0.342 e. The zero-order valence-electron chi connectivity index (χ0n) is 15.3. The van der Waals surface area contributed by atoms with Crippen molar-refractivity contribution in [2.45, 2.75) is 24.2 Å². The zero-order chi connectivity index (χ0) is 18.7. The minimum atomic E-state index is -3.21. The summed E-state index contributed by atoms with van der Waals surface area (Å²) in [6.07, 6.45) is 3.19. The third-order valence-corrected chi connectivity index (χ3v) is 7.01. The highest BCUT2D eigenvalue weighted by Gasteiger charge is 2.23. The number of nitrogens with one attached hydrogen (secondary N) is 1. The Labute approximate surface area is 160 Å². The van der Waals surface area contributed by atoms with E-state index in [0.29, 0.717) is 17.4 Å². The highest BCUT2D eigenvalue weighted by atomic mass is 32.2. The van der Waals surface area contributed by atoms with E-state index < -0.39 is 9.84 Å². The van der Waals surface area contributed by atoms with Gasteiger partial charge in [0.15, 0.2) is 9.84 Å². The summed E-state index contributed by atoms with van der Waals surface area (Å²) in [6.45, 7) is 2.50. The first-order chi connectivity index (χ1) is 13.1. The molecule has 1 aromatic heterocycles. The van der Waals surface area contributed by atoms with Crippen molar-refractivity contribution in [3.05, 3.63) is 60.4 Å². The summed E-state index contributed by atoms with van der Waals surface area (Å²) in [5.41, 5.74) is 2.09. The average Bonchev–Trinajstić information content (AvgIpc) is 3.10. The third kappa shape index (κ3) is 4.39. The van der Waals surface area contributed by atoms with Gasteiger partial charge in [-0.15, -0.1) is 0 Å². The molecule has 1 N–H and O–H groups in total. The fourth-order valence-corrected chi connectivity index (χ4v) is 5.20. The van der Waals surface area contributed by atoms with E-state index in [-0.39, 0.29) is 5.75 Å². The Morgan fingerprint density at radius 3 is 2.67 bits per heavy atom. The van der Waals surface area contributed by atoms with Gasteiger partial charge in [-0.3, -0.25) is 0 Å². The van der Waals surface area contributed by atoms with E-state index in [1.807, 2.05) is 30.3 Å². The molecule has 0 bridgehead atoms. The number of piperidine rings is 1. The van der Waals surface area contributed by atoms with E-state index in [1.165, 1.54) is 6.42 Å². The molecule has 2 heterocycles. The maximum Gasteiger partial charge on any atom is 0.179 e. The van der Waals surface area contributed by atoms with Crippen LogP contribution in [0.15, 0.2) is 59.5 Å². The molecule has 1 fully saturated rings. The summed E-state index contributed by atoms with van der Waals surface area (Å²) in [4.78, 5) is 10.8. The lowest BCUT2D eigenvalue weighted by molar-refractivity contribution is 0.181. The third-order valence-electron chi connectivity index (χ3n) is 5.30. The summed E-state index contributed by atoms with van der Waals surface area (Å²) >= 11 is 0. The van der Waals surface area contributed by atoms with Crippen molar-refractivity contribution in [3.8, 4) is 0 Å². The van der Waals surface area contributed by atoms with Gasteiger partial charge in [-0.05, 0) is 49.6 Å². The lowest BCUT2D eigenvalue weighted by Crippen LogP contribution is -2.39. The number of aromatic amines is 1. The van der Waals surface area contributed by atoms with Crippen LogP contribution in [0, 0.1) is 5.92 Å². The van der Waals surface area contributed by atoms with Crippen LogP contribution < -0.4 is 0 Å². The Hall–Kier alpha value is -2.18. The second-order valence-corrected chi connectivity index (χ2v) is 9.45. The maximum absolute atomic E-state index is 12.5. The SMILES string of the molecule is O=S(=O)(CCN1CCCC(Cc2nc3ccccc3[nH]2)C1)c1ccccc1. The van der Waals surface area contributed by atoms with E-state index in [2.05, 4.69) is 14.9 Å². The lowest BCUT2D eigenvalue weighted by Gasteiger charge is -2.32. The summed E-state index contributed by atoms with van der Waals surface area (Å²) in [6, 6.07) is 16.8. The molecule has 0 radical (unpaired) electrons. The summed E-state index contributed by atoms with van der Waals surface area (Å²) in [5, 5.41) is 0. The number of nitrogens with zero attached hydrogens (tertiary/aromatic N) is 2. The van der Waals surface area contributed by atoms with Gasteiger partial charge in [0.25, 0.3) is 0 Å². The molecule has 3 aromatic rings. The summed E-state index contributed by atoms with van der Waals surface area (Å²) < 4.78 is 25.0. The number of hydrogen-bond acceptors (Lipinski definition) is 4. The normalized spacial score (nSPS) is 18.7. The Morgan fingerprint density at radius 1 is 1.07 bits per heavy atom. The number of para-hydroxylation sites is 2. The van der Waals surface area contributed by atoms with Crippen molar-refractivity contribution < 1.29 is 8.42 Å². The van der Waals surface area contributed by atoms with Crippen LogP contribution in [0.2, 0.25) is 0 Å². The molecule has 2 aromatic carbocycles. The lowest BCUT2D eigenvalue weighted by atomic mass is 9.94. The van der Waals surface area contributed by atoms with Crippen molar-refractivity contribution in [3.63, 3.8) is 0 Å². The van der Waals surface area contributed by atoms with Crippen LogP contribution >= 0.6 is 0 Å². The molecule has 0 spiro atoms. The summed E-state index contributed by atoms with van der Waals surface area (Å²) in [5.74, 6) is 1.72. The number of sulfone groups is 1. The van der Waals surface area contributed by atoms with Crippen LogP contribution in [0.5, 0.6) is 0 Å². The van der Waals surface area contributed by atoms with Gasteiger partial charge in [-0.2, -0.15) is 0 Å². The van der Waals surface area contributed by atoms with E-state index in [4.69, 9.17) is 0 Å². The number of imidazole rings is 1. The second-order valence-electron chi connectivity index (χ2n) is 7.35. The fourth-order valence-electron chi connectivity index (χ4n) is 3.89. The van der Waals surface area contributed by atoms with Gasteiger partial charge in [-0.25, -0.2) is 13.4 Å². The first kappa shape index (κ1) is 18.2. The molecule has 142 valence electrons. The number of hydrogen-bond donors (Lipinski definition) is 1. The molecule has 5 nitrogen and oxygen atoms in total. The minimum absolute atomic E-state index is 0.175. The Bertz CT molecular complexity index is 965. The van der Waals surface area contributed by atoms with Gasteiger partial charge in [0, 0.05) is 19.5 Å². The number of rotatable bonds is 6.